The topological polar surface area (TPSA) is 61.8 Å². The van der Waals surface area contributed by atoms with Crippen molar-refractivity contribution in [3.8, 4) is 0 Å². The lowest BCUT2D eigenvalue weighted by molar-refractivity contribution is 0.0146. The minimum atomic E-state index is -0.500. The number of likely N-dealkylation sites (tertiary alicyclic amines) is 1. The van der Waals surface area contributed by atoms with Gasteiger partial charge in [0.25, 0.3) is 0 Å². The Kier molecular flexibility index (Phi) is 5.72. The highest BCUT2D eigenvalue weighted by atomic mass is 16.6. The van der Waals surface area contributed by atoms with Crippen molar-refractivity contribution in [1.82, 2.24) is 10.2 Å². The van der Waals surface area contributed by atoms with E-state index in [-0.39, 0.29) is 6.09 Å². The van der Waals surface area contributed by atoms with Crippen LogP contribution in [0.15, 0.2) is 0 Å². The molecule has 1 amide bonds. The minimum absolute atomic E-state index is 0.184. The van der Waals surface area contributed by atoms with Gasteiger partial charge in [0.1, 0.15) is 5.60 Å². The van der Waals surface area contributed by atoms with Crippen LogP contribution in [-0.2, 0) is 4.74 Å². The summed E-state index contributed by atoms with van der Waals surface area (Å²) < 4.78 is 5.47. The molecule has 0 spiro atoms. The number of β-amino-alcohol motifs (C(OH)–C–C–N with tert-alkyl or cyclic N) is 1. The van der Waals surface area contributed by atoms with Gasteiger partial charge in [0.15, 0.2) is 0 Å². The fourth-order valence-electron chi connectivity index (χ4n) is 3.46. The third-order valence-electron chi connectivity index (χ3n) is 4.65. The number of amides is 1. The molecule has 22 heavy (non-hydrogen) atoms. The maximum absolute atomic E-state index is 12.1. The van der Waals surface area contributed by atoms with Gasteiger partial charge in [-0.1, -0.05) is 6.42 Å². The molecule has 2 N–H and O–H groups in total. The normalized spacial score (nSPS) is 29.6. The second kappa shape index (κ2) is 7.18. The first kappa shape index (κ1) is 17.5. The second-order valence-corrected chi connectivity index (χ2v) is 7.98. The molecule has 2 atom stereocenters. The van der Waals surface area contributed by atoms with E-state index in [2.05, 4.69) is 5.32 Å². The number of carbonyl (C=O) groups excluding carboxylic acids is 1. The maximum Gasteiger partial charge on any atom is 0.410 e. The second-order valence-electron chi connectivity index (χ2n) is 7.98. The summed E-state index contributed by atoms with van der Waals surface area (Å²) in [4.78, 5) is 14.0. The Balaban J connectivity index is 1.72. The fourth-order valence-corrected chi connectivity index (χ4v) is 3.46. The average Bonchev–Trinajstić information content (AvgIpc) is 2.84. The zero-order valence-electron chi connectivity index (χ0n) is 14.4. The van der Waals surface area contributed by atoms with Crippen molar-refractivity contribution in [3.05, 3.63) is 0 Å². The Bertz CT molecular complexity index is 373. The number of piperidine rings is 1. The number of hydrogen-bond donors (Lipinski definition) is 2. The predicted octanol–water partition coefficient (Wildman–Crippen LogP) is 2.53. The van der Waals surface area contributed by atoms with E-state index < -0.39 is 11.2 Å². The molecule has 5 heteroatoms. The highest BCUT2D eigenvalue weighted by Crippen LogP contribution is 2.27. The van der Waals surface area contributed by atoms with E-state index in [1.54, 1.807) is 0 Å². The number of nitrogens with zero attached hydrogens (tertiary/aromatic N) is 1. The van der Waals surface area contributed by atoms with Crippen LogP contribution in [0, 0.1) is 5.92 Å². The van der Waals surface area contributed by atoms with E-state index >= 15 is 0 Å². The van der Waals surface area contributed by atoms with Crippen LogP contribution < -0.4 is 5.32 Å². The lowest BCUT2D eigenvalue weighted by Crippen LogP contribution is -2.43. The molecule has 0 radical (unpaired) electrons. The lowest BCUT2D eigenvalue weighted by Gasteiger charge is -2.34. The average molecular weight is 312 g/mol. The van der Waals surface area contributed by atoms with E-state index in [1.807, 2.05) is 25.7 Å². The van der Waals surface area contributed by atoms with Gasteiger partial charge in [-0.05, 0) is 65.3 Å². The van der Waals surface area contributed by atoms with Crippen molar-refractivity contribution in [3.63, 3.8) is 0 Å². The van der Waals surface area contributed by atoms with Gasteiger partial charge < -0.3 is 20.1 Å². The molecule has 0 bridgehead atoms. The standard InChI is InChI=1S/C17H32N2O3/c1-16(2,3)22-15(20)19-11-5-7-14(12-19)6-4-8-17(21)9-10-18-13-17/h14,18,21H,4-13H2,1-3H3. The summed E-state index contributed by atoms with van der Waals surface area (Å²) in [6, 6.07) is 0. The zero-order valence-corrected chi connectivity index (χ0v) is 14.4. The highest BCUT2D eigenvalue weighted by Gasteiger charge is 2.31. The van der Waals surface area contributed by atoms with Crippen LogP contribution in [0.25, 0.3) is 0 Å². The van der Waals surface area contributed by atoms with Crippen LogP contribution in [0.1, 0.15) is 59.3 Å². The van der Waals surface area contributed by atoms with E-state index in [1.165, 1.54) is 6.42 Å². The first-order chi connectivity index (χ1) is 10.3. The van der Waals surface area contributed by atoms with E-state index in [0.717, 1.165) is 58.3 Å². The molecule has 2 saturated heterocycles. The van der Waals surface area contributed by atoms with Gasteiger partial charge in [0, 0.05) is 19.6 Å². The van der Waals surface area contributed by atoms with E-state index in [0.29, 0.717) is 5.92 Å². The van der Waals surface area contributed by atoms with Crippen molar-refractivity contribution in [2.75, 3.05) is 26.2 Å². The molecular formula is C17H32N2O3. The van der Waals surface area contributed by atoms with Gasteiger partial charge in [-0.2, -0.15) is 0 Å². The Hall–Kier alpha value is -0.810. The summed E-state index contributed by atoms with van der Waals surface area (Å²) in [5, 5.41) is 13.6. The number of aliphatic hydroxyl groups is 1. The zero-order chi connectivity index (χ0) is 16.2. The van der Waals surface area contributed by atoms with Crippen molar-refractivity contribution in [2.45, 2.75) is 70.5 Å². The quantitative estimate of drug-likeness (QED) is 0.837. The van der Waals surface area contributed by atoms with Crippen LogP contribution in [0.3, 0.4) is 0 Å². The van der Waals surface area contributed by atoms with Crippen LogP contribution in [-0.4, -0.2) is 53.5 Å². The van der Waals surface area contributed by atoms with Gasteiger partial charge in [0.2, 0.25) is 0 Å². The molecule has 2 aliphatic heterocycles. The third kappa shape index (κ3) is 5.43. The molecular weight excluding hydrogens is 280 g/mol. The number of rotatable bonds is 4. The summed E-state index contributed by atoms with van der Waals surface area (Å²) in [7, 11) is 0. The molecule has 0 aliphatic carbocycles. The monoisotopic (exact) mass is 312 g/mol. The summed E-state index contributed by atoms with van der Waals surface area (Å²) in [6.07, 6.45) is 5.89. The van der Waals surface area contributed by atoms with Crippen molar-refractivity contribution >= 4 is 6.09 Å². The maximum atomic E-state index is 12.1. The molecule has 2 heterocycles. The summed E-state index contributed by atoms with van der Waals surface area (Å²) in [6.45, 7) is 8.97. The van der Waals surface area contributed by atoms with Crippen molar-refractivity contribution in [1.29, 1.82) is 0 Å². The molecule has 0 aromatic rings. The summed E-state index contributed by atoms with van der Waals surface area (Å²) in [5.41, 5.74) is -0.928. The number of carbonyl (C=O) groups is 1. The fraction of sp³-hybridized carbons (Fsp3) is 0.941. The summed E-state index contributed by atoms with van der Waals surface area (Å²) in [5.74, 6) is 0.541. The van der Waals surface area contributed by atoms with Gasteiger partial charge in [-0.25, -0.2) is 4.79 Å². The van der Waals surface area contributed by atoms with E-state index in [4.69, 9.17) is 4.74 Å². The molecule has 0 aromatic heterocycles. The molecule has 0 aromatic carbocycles. The van der Waals surface area contributed by atoms with Crippen LogP contribution in [0.4, 0.5) is 4.79 Å². The minimum Gasteiger partial charge on any atom is -0.444 e. The SMILES string of the molecule is CC(C)(C)OC(=O)N1CCCC(CCCC2(O)CCNC2)C1. The molecule has 2 unspecified atom stereocenters. The molecule has 2 aliphatic rings. The molecule has 2 rings (SSSR count). The van der Waals surface area contributed by atoms with Crippen LogP contribution >= 0.6 is 0 Å². The summed E-state index contributed by atoms with van der Waals surface area (Å²) >= 11 is 0. The predicted molar refractivity (Wildman–Crippen MR) is 86.8 cm³/mol. The largest absolute Gasteiger partial charge is 0.444 e. The molecule has 2 fully saturated rings. The number of ether oxygens (including phenoxy) is 1. The lowest BCUT2D eigenvalue weighted by atomic mass is 9.89. The van der Waals surface area contributed by atoms with Gasteiger partial charge in [-0.15, -0.1) is 0 Å². The van der Waals surface area contributed by atoms with Gasteiger partial charge in [-0.3, -0.25) is 0 Å². The first-order valence-electron chi connectivity index (χ1n) is 8.68. The molecule has 0 saturated carbocycles. The Morgan fingerprint density at radius 3 is 2.86 bits per heavy atom. The van der Waals surface area contributed by atoms with Crippen molar-refractivity contribution < 1.29 is 14.6 Å². The van der Waals surface area contributed by atoms with Crippen molar-refractivity contribution in [2.24, 2.45) is 5.92 Å². The van der Waals surface area contributed by atoms with Gasteiger partial charge in [0.05, 0.1) is 5.60 Å². The number of nitrogens with one attached hydrogen (secondary N) is 1. The van der Waals surface area contributed by atoms with Gasteiger partial charge >= 0.3 is 6.09 Å². The smallest absolute Gasteiger partial charge is 0.410 e. The Morgan fingerprint density at radius 1 is 1.45 bits per heavy atom. The number of hydrogen-bond acceptors (Lipinski definition) is 4. The third-order valence-corrected chi connectivity index (χ3v) is 4.65. The molecule has 128 valence electrons. The van der Waals surface area contributed by atoms with E-state index in [9.17, 15) is 9.90 Å². The molecule has 5 nitrogen and oxygen atoms in total. The highest BCUT2D eigenvalue weighted by molar-refractivity contribution is 5.68. The first-order valence-corrected chi connectivity index (χ1v) is 8.68. The van der Waals surface area contributed by atoms with Crippen LogP contribution in [0.5, 0.6) is 0 Å². The Labute approximate surface area is 134 Å². The van der Waals surface area contributed by atoms with Crippen LogP contribution in [0.2, 0.25) is 0 Å². The Morgan fingerprint density at radius 2 is 2.23 bits per heavy atom.